The Morgan fingerprint density at radius 2 is 2.33 bits per heavy atom. The molecule has 0 aliphatic heterocycles. The van der Waals surface area contributed by atoms with Crippen LogP contribution in [0.4, 0.5) is 11.4 Å². The Morgan fingerprint density at radius 3 is 3.08 bits per heavy atom. The minimum Gasteiger partial charge on any atom is -0.396 e. The van der Waals surface area contributed by atoms with E-state index in [1.807, 2.05) is 13.0 Å². The van der Waals surface area contributed by atoms with Gasteiger partial charge in [0.25, 0.3) is 0 Å². The van der Waals surface area contributed by atoms with Crippen molar-refractivity contribution in [2.45, 2.75) is 6.92 Å². The molecule has 62 valence electrons. The summed E-state index contributed by atoms with van der Waals surface area (Å²) in [4.78, 5) is 5.95. The highest BCUT2D eigenvalue weighted by molar-refractivity contribution is 7.18. The molecule has 0 spiro atoms. The maximum Gasteiger partial charge on any atom is 0.125 e. The van der Waals surface area contributed by atoms with Crippen LogP contribution in [0.2, 0.25) is 0 Å². The van der Waals surface area contributed by atoms with E-state index in [1.165, 1.54) is 11.3 Å². The topological polar surface area (TPSA) is 64.9 Å². The summed E-state index contributed by atoms with van der Waals surface area (Å²) in [6.07, 6.45) is 0.0619. The van der Waals surface area contributed by atoms with Crippen LogP contribution in [0.3, 0.4) is 0 Å². The highest BCUT2D eigenvalue weighted by Gasteiger charge is 2.05. The van der Waals surface area contributed by atoms with E-state index >= 15 is 0 Å². The van der Waals surface area contributed by atoms with E-state index in [1.54, 1.807) is 0 Å². The van der Waals surface area contributed by atoms with Crippen LogP contribution in [-0.4, -0.2) is 4.98 Å². The zero-order valence-corrected chi connectivity index (χ0v) is 7.40. The van der Waals surface area contributed by atoms with Gasteiger partial charge in [0.15, 0.2) is 0 Å². The molecule has 4 heteroatoms. The molecule has 0 aliphatic carbocycles. The summed E-state index contributed by atoms with van der Waals surface area (Å²) in [5, 5.41) is 0.857. The molecular formula is C8H9N3S. The third-order valence-corrected chi connectivity index (χ3v) is 2.64. The van der Waals surface area contributed by atoms with Crippen molar-refractivity contribution < 1.29 is 1.37 Å². The third-order valence-electron chi connectivity index (χ3n) is 1.69. The fraction of sp³-hybridized carbons (Fsp3) is 0.125. The second-order valence-corrected chi connectivity index (χ2v) is 3.86. The van der Waals surface area contributed by atoms with Gasteiger partial charge in [-0.2, -0.15) is 0 Å². The summed E-state index contributed by atoms with van der Waals surface area (Å²) in [6, 6.07) is 1.94. The molecule has 2 rings (SSSR count). The van der Waals surface area contributed by atoms with Crippen LogP contribution in [0.15, 0.2) is 12.2 Å². The Morgan fingerprint density at radius 1 is 1.58 bits per heavy atom. The lowest BCUT2D eigenvalue weighted by molar-refractivity contribution is 1.45. The van der Waals surface area contributed by atoms with Crippen molar-refractivity contribution in [2.75, 3.05) is 11.5 Å². The van der Waals surface area contributed by atoms with Gasteiger partial charge in [0.05, 0.1) is 18.9 Å². The molecule has 0 aliphatic rings. The molecule has 12 heavy (non-hydrogen) atoms. The number of aromatic nitrogens is 1. The van der Waals surface area contributed by atoms with Gasteiger partial charge in [-0.25, -0.2) is 4.98 Å². The molecule has 0 fully saturated rings. The number of nitrogens with zero attached hydrogens (tertiary/aromatic N) is 1. The van der Waals surface area contributed by atoms with Crippen LogP contribution in [0.5, 0.6) is 0 Å². The van der Waals surface area contributed by atoms with Gasteiger partial charge in [-0.1, -0.05) is 0 Å². The zero-order chi connectivity index (χ0) is 9.59. The smallest absolute Gasteiger partial charge is 0.125 e. The van der Waals surface area contributed by atoms with Crippen LogP contribution < -0.4 is 11.5 Å². The van der Waals surface area contributed by atoms with Crippen molar-refractivity contribution in [3.63, 3.8) is 0 Å². The molecule has 3 nitrogen and oxygen atoms in total. The molecule has 0 amide bonds. The number of nitrogens with two attached hydrogens (primary N) is 2. The summed E-state index contributed by atoms with van der Waals surface area (Å²) in [6.45, 7) is 1.98. The molecule has 0 bridgehead atoms. The number of nitrogen functional groups attached to an aromatic ring is 2. The average Bonchev–Trinajstić information content (AvgIpc) is 2.42. The maximum atomic E-state index is 7.44. The average molecular weight is 180 g/mol. The van der Waals surface area contributed by atoms with Crippen LogP contribution in [0, 0.1) is 6.92 Å². The molecule has 0 atom stereocenters. The number of rotatable bonds is 0. The van der Waals surface area contributed by atoms with Crippen molar-refractivity contribution in [2.24, 2.45) is 0 Å². The van der Waals surface area contributed by atoms with Crippen molar-refractivity contribution in [3.8, 4) is 0 Å². The minimum absolute atomic E-state index is 0.0619. The first-order chi connectivity index (χ1) is 6.09. The van der Waals surface area contributed by atoms with Crippen molar-refractivity contribution in [1.82, 2.24) is 4.98 Å². The fourth-order valence-electron chi connectivity index (χ4n) is 1.09. The molecule has 0 saturated carbocycles. The van der Waals surface area contributed by atoms with Crippen LogP contribution in [0.1, 0.15) is 6.25 Å². The number of fused-ring (bicyclic) bond motifs is 1. The lowest BCUT2D eigenvalue weighted by atomic mass is 10.2. The second-order valence-electron chi connectivity index (χ2n) is 2.63. The Bertz CT molecular complexity index is 478. The van der Waals surface area contributed by atoms with Gasteiger partial charge in [-0.15, -0.1) is 11.3 Å². The molecular weight excluding hydrogens is 170 g/mol. The van der Waals surface area contributed by atoms with E-state index in [0.29, 0.717) is 5.69 Å². The minimum atomic E-state index is 0.0619. The van der Waals surface area contributed by atoms with Crippen LogP contribution in [0.25, 0.3) is 10.2 Å². The molecule has 0 aromatic carbocycles. The summed E-state index contributed by atoms with van der Waals surface area (Å²) >= 11 is 1.52. The van der Waals surface area contributed by atoms with E-state index in [-0.39, 0.29) is 11.9 Å². The number of aryl methyl sites for hydroxylation is 1. The van der Waals surface area contributed by atoms with Crippen molar-refractivity contribution in [1.29, 1.82) is 0 Å². The highest BCUT2D eigenvalue weighted by atomic mass is 32.1. The SMILES string of the molecule is [2H]c1nc2sc(C)cc2c(N)c1N. The van der Waals surface area contributed by atoms with Crippen LogP contribution >= 0.6 is 11.3 Å². The normalized spacial score (nSPS) is 11.9. The van der Waals surface area contributed by atoms with Gasteiger partial charge in [-0.05, 0) is 13.0 Å². The van der Waals surface area contributed by atoms with Crippen molar-refractivity contribution >= 4 is 32.9 Å². The molecule has 4 N–H and O–H groups in total. The van der Waals surface area contributed by atoms with Gasteiger partial charge >= 0.3 is 0 Å². The first-order valence-electron chi connectivity index (χ1n) is 4.01. The summed E-state index contributed by atoms with van der Waals surface area (Å²) in [5.41, 5.74) is 12.1. The van der Waals surface area contributed by atoms with Gasteiger partial charge in [-0.3, -0.25) is 0 Å². The lowest BCUT2D eigenvalue weighted by Gasteiger charge is -1.98. The van der Waals surface area contributed by atoms with Gasteiger partial charge < -0.3 is 11.5 Å². The third kappa shape index (κ3) is 0.921. The van der Waals surface area contributed by atoms with E-state index in [4.69, 9.17) is 12.8 Å². The Hall–Kier alpha value is -1.29. The number of hydrogen-bond acceptors (Lipinski definition) is 4. The number of pyridine rings is 1. The Kier molecular flexibility index (Phi) is 1.22. The van der Waals surface area contributed by atoms with Gasteiger partial charge in [0, 0.05) is 10.3 Å². The first kappa shape index (κ1) is 6.25. The quantitative estimate of drug-likeness (QED) is 0.649. The molecule has 2 aromatic heterocycles. The standard InChI is InChI=1S/C8H9N3S/c1-4-2-5-7(10)6(9)3-11-8(5)12-4/h2-3H,9H2,1H3,(H2,10,11)/i3D. The predicted octanol–water partition coefficient (Wildman–Crippen LogP) is 1.77. The highest BCUT2D eigenvalue weighted by Crippen LogP contribution is 2.30. The zero-order valence-electron chi connectivity index (χ0n) is 7.59. The second kappa shape index (κ2) is 2.35. The number of anilines is 2. The van der Waals surface area contributed by atoms with Gasteiger partial charge in [0.1, 0.15) is 4.83 Å². The monoisotopic (exact) mass is 180 g/mol. The maximum absolute atomic E-state index is 7.44. The Balaban J connectivity index is 2.92. The van der Waals surface area contributed by atoms with E-state index in [9.17, 15) is 0 Å². The predicted molar refractivity (Wildman–Crippen MR) is 53.2 cm³/mol. The molecule has 2 heterocycles. The van der Waals surface area contributed by atoms with E-state index < -0.39 is 0 Å². The molecule has 0 saturated heterocycles. The number of thiophene rings is 1. The molecule has 0 unspecified atom stereocenters. The largest absolute Gasteiger partial charge is 0.396 e. The molecule has 2 aromatic rings. The van der Waals surface area contributed by atoms with E-state index in [0.717, 1.165) is 15.1 Å². The summed E-state index contributed by atoms with van der Waals surface area (Å²) < 4.78 is 7.44. The lowest BCUT2D eigenvalue weighted by Crippen LogP contribution is -1.95. The fourth-order valence-corrected chi connectivity index (χ4v) is 1.95. The summed E-state index contributed by atoms with van der Waals surface area (Å²) in [7, 11) is 0. The molecule has 0 radical (unpaired) electrons. The Labute approximate surface area is 75.4 Å². The number of hydrogen-bond donors (Lipinski definition) is 2. The van der Waals surface area contributed by atoms with Gasteiger partial charge in [0.2, 0.25) is 0 Å². The van der Waals surface area contributed by atoms with Crippen LogP contribution in [-0.2, 0) is 0 Å². The first-order valence-corrected chi connectivity index (χ1v) is 4.33. The summed E-state index contributed by atoms with van der Waals surface area (Å²) in [5.74, 6) is 0. The van der Waals surface area contributed by atoms with Crippen molar-refractivity contribution in [3.05, 3.63) is 17.1 Å². The van der Waals surface area contributed by atoms with E-state index in [2.05, 4.69) is 4.98 Å².